The van der Waals surface area contributed by atoms with E-state index in [1.807, 2.05) is 18.2 Å². The van der Waals surface area contributed by atoms with Crippen molar-refractivity contribution in [2.45, 2.75) is 19.1 Å². The van der Waals surface area contributed by atoms with E-state index in [0.29, 0.717) is 23.2 Å². The first kappa shape index (κ1) is 17.1. The quantitative estimate of drug-likeness (QED) is 0.596. The van der Waals surface area contributed by atoms with Gasteiger partial charge in [0.1, 0.15) is 12.4 Å². The maximum Gasteiger partial charge on any atom is 0.449 e. The number of fused-ring (bicyclic) bond motifs is 1. The van der Waals surface area contributed by atoms with Crippen LogP contribution >= 0.6 is 0 Å². The van der Waals surface area contributed by atoms with Crippen molar-refractivity contribution < 1.29 is 17.9 Å². The SMILES string of the molecule is C=CCc1ccccc1OCCn1c(C(F)(F)F)nc2ccccc21. The van der Waals surface area contributed by atoms with Crippen LogP contribution in [0.5, 0.6) is 5.75 Å². The molecule has 0 N–H and O–H groups in total. The normalized spacial score (nSPS) is 11.6. The van der Waals surface area contributed by atoms with Gasteiger partial charge in [-0.3, -0.25) is 0 Å². The maximum atomic E-state index is 13.3. The zero-order chi connectivity index (χ0) is 17.9. The topological polar surface area (TPSA) is 27.1 Å². The molecule has 0 saturated heterocycles. The lowest BCUT2D eigenvalue weighted by atomic mass is 10.1. The van der Waals surface area contributed by atoms with Gasteiger partial charge in [0.2, 0.25) is 5.82 Å². The maximum absolute atomic E-state index is 13.3. The summed E-state index contributed by atoms with van der Waals surface area (Å²) in [7, 11) is 0. The van der Waals surface area contributed by atoms with Crippen molar-refractivity contribution in [3.63, 3.8) is 0 Å². The van der Waals surface area contributed by atoms with Gasteiger partial charge in [-0.1, -0.05) is 36.4 Å². The summed E-state index contributed by atoms with van der Waals surface area (Å²) in [6.45, 7) is 3.86. The van der Waals surface area contributed by atoms with Crippen LogP contribution in [-0.4, -0.2) is 16.2 Å². The van der Waals surface area contributed by atoms with E-state index in [9.17, 15) is 13.2 Å². The van der Waals surface area contributed by atoms with Crippen LogP contribution in [-0.2, 0) is 19.1 Å². The predicted molar refractivity (Wildman–Crippen MR) is 90.6 cm³/mol. The van der Waals surface area contributed by atoms with E-state index in [2.05, 4.69) is 11.6 Å². The van der Waals surface area contributed by atoms with E-state index >= 15 is 0 Å². The van der Waals surface area contributed by atoms with E-state index in [0.717, 1.165) is 10.1 Å². The molecule has 0 spiro atoms. The van der Waals surface area contributed by atoms with E-state index in [1.54, 1.807) is 36.4 Å². The molecule has 0 atom stereocenters. The van der Waals surface area contributed by atoms with Gasteiger partial charge in [-0.25, -0.2) is 4.98 Å². The summed E-state index contributed by atoms with van der Waals surface area (Å²) >= 11 is 0. The smallest absolute Gasteiger partial charge is 0.449 e. The Morgan fingerprint density at radius 2 is 1.80 bits per heavy atom. The number of hydrogen-bond acceptors (Lipinski definition) is 2. The molecule has 6 heteroatoms. The Kier molecular flexibility index (Phi) is 4.79. The standard InChI is InChI=1S/C19H17F3N2O/c1-2-7-14-8-3-6-11-17(14)25-13-12-24-16-10-5-4-9-15(16)23-18(24)19(20,21)22/h2-6,8-11H,1,7,12-13H2. The van der Waals surface area contributed by atoms with Gasteiger partial charge in [-0.05, 0) is 30.2 Å². The molecule has 1 heterocycles. The minimum Gasteiger partial charge on any atom is -0.491 e. The van der Waals surface area contributed by atoms with Crippen LogP contribution in [0.2, 0.25) is 0 Å². The number of rotatable bonds is 6. The summed E-state index contributed by atoms with van der Waals surface area (Å²) in [5, 5.41) is 0. The van der Waals surface area contributed by atoms with E-state index in [1.165, 1.54) is 0 Å². The van der Waals surface area contributed by atoms with Crippen LogP contribution in [0.15, 0.2) is 61.2 Å². The molecule has 0 radical (unpaired) electrons. The number of alkyl halides is 3. The first-order chi connectivity index (χ1) is 12.0. The van der Waals surface area contributed by atoms with Crippen molar-refractivity contribution in [3.05, 3.63) is 72.6 Å². The monoisotopic (exact) mass is 346 g/mol. The molecular formula is C19H17F3N2O. The van der Waals surface area contributed by atoms with Gasteiger partial charge in [0, 0.05) is 0 Å². The number of imidazole rings is 1. The molecule has 3 aromatic rings. The van der Waals surface area contributed by atoms with Crippen molar-refractivity contribution in [1.29, 1.82) is 0 Å². The molecule has 130 valence electrons. The van der Waals surface area contributed by atoms with Crippen LogP contribution < -0.4 is 4.74 Å². The van der Waals surface area contributed by atoms with E-state index in [4.69, 9.17) is 4.74 Å². The highest BCUT2D eigenvalue weighted by molar-refractivity contribution is 5.76. The molecule has 3 rings (SSSR count). The predicted octanol–water partition coefficient (Wildman–Crippen LogP) is 4.86. The summed E-state index contributed by atoms with van der Waals surface area (Å²) in [4.78, 5) is 3.73. The molecule has 0 aliphatic heterocycles. The van der Waals surface area contributed by atoms with Crippen molar-refractivity contribution in [2.24, 2.45) is 0 Å². The van der Waals surface area contributed by atoms with Gasteiger partial charge in [-0.15, -0.1) is 6.58 Å². The van der Waals surface area contributed by atoms with Gasteiger partial charge in [0.05, 0.1) is 17.6 Å². The van der Waals surface area contributed by atoms with Crippen LogP contribution in [0.25, 0.3) is 11.0 Å². The Morgan fingerprint density at radius 3 is 2.56 bits per heavy atom. The first-order valence-corrected chi connectivity index (χ1v) is 7.85. The molecule has 3 nitrogen and oxygen atoms in total. The summed E-state index contributed by atoms with van der Waals surface area (Å²) in [6.07, 6.45) is -2.12. The highest BCUT2D eigenvalue weighted by Crippen LogP contribution is 2.31. The number of aromatic nitrogens is 2. The third-order valence-electron chi connectivity index (χ3n) is 3.82. The lowest BCUT2D eigenvalue weighted by Gasteiger charge is -2.14. The van der Waals surface area contributed by atoms with Crippen molar-refractivity contribution in [2.75, 3.05) is 6.61 Å². The third kappa shape index (κ3) is 3.68. The lowest BCUT2D eigenvalue weighted by molar-refractivity contribution is -0.147. The van der Waals surface area contributed by atoms with Crippen molar-refractivity contribution >= 4 is 11.0 Å². The third-order valence-corrected chi connectivity index (χ3v) is 3.82. The highest BCUT2D eigenvalue weighted by atomic mass is 19.4. The Labute approximate surface area is 143 Å². The van der Waals surface area contributed by atoms with Crippen molar-refractivity contribution in [1.82, 2.24) is 9.55 Å². The molecule has 0 aliphatic carbocycles. The number of para-hydroxylation sites is 3. The van der Waals surface area contributed by atoms with Gasteiger partial charge < -0.3 is 9.30 Å². The zero-order valence-corrected chi connectivity index (χ0v) is 13.5. The van der Waals surface area contributed by atoms with E-state index < -0.39 is 12.0 Å². The Morgan fingerprint density at radius 1 is 1.08 bits per heavy atom. The number of ether oxygens (including phenoxy) is 1. The minimum atomic E-state index is -4.51. The fourth-order valence-corrected chi connectivity index (χ4v) is 2.73. The zero-order valence-electron chi connectivity index (χ0n) is 13.5. The highest BCUT2D eigenvalue weighted by Gasteiger charge is 2.37. The number of hydrogen-bond donors (Lipinski definition) is 0. The summed E-state index contributed by atoms with van der Waals surface area (Å²) < 4.78 is 46.7. The second-order valence-electron chi connectivity index (χ2n) is 5.52. The average Bonchev–Trinajstić information content (AvgIpc) is 2.96. The van der Waals surface area contributed by atoms with Crippen molar-refractivity contribution in [3.8, 4) is 5.75 Å². The van der Waals surface area contributed by atoms with E-state index in [-0.39, 0.29) is 13.2 Å². The summed E-state index contributed by atoms with van der Waals surface area (Å²) in [5.74, 6) is -0.253. The molecule has 1 aromatic heterocycles. The molecule has 0 unspecified atom stereocenters. The van der Waals surface area contributed by atoms with Gasteiger partial charge in [-0.2, -0.15) is 13.2 Å². The van der Waals surface area contributed by atoms with Crippen LogP contribution in [0.4, 0.5) is 13.2 Å². The average molecular weight is 346 g/mol. The Balaban J connectivity index is 1.83. The Hall–Kier alpha value is -2.76. The lowest BCUT2D eigenvalue weighted by Crippen LogP contribution is -2.18. The van der Waals surface area contributed by atoms with Crippen LogP contribution in [0, 0.1) is 0 Å². The van der Waals surface area contributed by atoms with Gasteiger partial charge in [0.25, 0.3) is 0 Å². The van der Waals surface area contributed by atoms with Gasteiger partial charge >= 0.3 is 6.18 Å². The fraction of sp³-hybridized carbons (Fsp3) is 0.211. The molecule has 0 amide bonds. The molecule has 2 aromatic carbocycles. The van der Waals surface area contributed by atoms with Crippen LogP contribution in [0.3, 0.4) is 0 Å². The number of benzene rings is 2. The molecular weight excluding hydrogens is 329 g/mol. The molecule has 0 bridgehead atoms. The number of halogens is 3. The fourth-order valence-electron chi connectivity index (χ4n) is 2.73. The number of nitrogens with zero attached hydrogens (tertiary/aromatic N) is 2. The first-order valence-electron chi connectivity index (χ1n) is 7.85. The second kappa shape index (κ2) is 7.01. The second-order valence-corrected chi connectivity index (χ2v) is 5.52. The summed E-state index contributed by atoms with van der Waals surface area (Å²) in [6, 6.07) is 14.0. The largest absolute Gasteiger partial charge is 0.491 e. The van der Waals surface area contributed by atoms with Gasteiger partial charge in [0.15, 0.2) is 0 Å². The molecule has 0 fully saturated rings. The molecule has 0 aliphatic rings. The molecule has 0 saturated carbocycles. The Bertz CT molecular complexity index is 884. The number of allylic oxidation sites excluding steroid dienone is 1. The van der Waals surface area contributed by atoms with Crippen LogP contribution in [0.1, 0.15) is 11.4 Å². The summed E-state index contributed by atoms with van der Waals surface area (Å²) in [5.41, 5.74) is 1.71. The minimum absolute atomic E-state index is 0.0534. The molecule has 25 heavy (non-hydrogen) atoms.